The second kappa shape index (κ2) is 10.0. The number of nitrogens with one attached hydrogen (secondary N) is 3. The van der Waals surface area contributed by atoms with Gasteiger partial charge in [0.25, 0.3) is 0 Å². The minimum Gasteiger partial charge on any atom is -0.481 e. The summed E-state index contributed by atoms with van der Waals surface area (Å²) in [5.41, 5.74) is 2.41. The van der Waals surface area contributed by atoms with Gasteiger partial charge in [0, 0.05) is 41.5 Å². The van der Waals surface area contributed by atoms with Crippen LogP contribution in [-0.2, 0) is 9.53 Å². The van der Waals surface area contributed by atoms with E-state index >= 15 is 0 Å². The largest absolute Gasteiger partial charge is 0.481 e. The molecule has 1 aromatic carbocycles. The van der Waals surface area contributed by atoms with Crippen LogP contribution in [0.5, 0.6) is 5.88 Å². The normalized spacial score (nSPS) is 23.7. The van der Waals surface area contributed by atoms with Gasteiger partial charge in [-0.1, -0.05) is 0 Å². The Hall–Kier alpha value is -3.45. The van der Waals surface area contributed by atoms with Crippen LogP contribution in [0.1, 0.15) is 18.0 Å². The van der Waals surface area contributed by atoms with E-state index in [1.165, 1.54) is 11.8 Å². The van der Waals surface area contributed by atoms with Gasteiger partial charge in [-0.2, -0.15) is 0 Å². The number of amides is 2. The average molecular weight is 537 g/mol. The summed E-state index contributed by atoms with van der Waals surface area (Å²) in [5, 5.41) is 21.2. The molecule has 0 aliphatic carbocycles. The van der Waals surface area contributed by atoms with Gasteiger partial charge in [0.2, 0.25) is 11.8 Å². The van der Waals surface area contributed by atoms with E-state index in [0.717, 1.165) is 10.5 Å². The molecule has 12 heteroatoms. The summed E-state index contributed by atoms with van der Waals surface area (Å²) in [7, 11) is 1.56. The lowest BCUT2D eigenvalue weighted by Crippen LogP contribution is -2.48. The Labute approximate surface area is 223 Å². The van der Waals surface area contributed by atoms with Crippen LogP contribution in [0.2, 0.25) is 0 Å². The lowest BCUT2D eigenvalue weighted by molar-refractivity contribution is -0.113. The molecule has 0 spiro atoms. The number of pyridine rings is 2. The fraction of sp³-hybridized carbons (Fsp3) is 0.385. The van der Waals surface area contributed by atoms with Crippen molar-refractivity contribution in [1.82, 2.24) is 20.6 Å². The third-order valence-corrected chi connectivity index (χ3v) is 8.22. The molecule has 11 nitrogen and oxygen atoms in total. The van der Waals surface area contributed by atoms with E-state index in [4.69, 9.17) is 9.47 Å². The Morgan fingerprint density at radius 1 is 1.32 bits per heavy atom. The van der Waals surface area contributed by atoms with Crippen molar-refractivity contribution in [2.75, 3.05) is 49.3 Å². The lowest BCUT2D eigenvalue weighted by Gasteiger charge is -2.34. The van der Waals surface area contributed by atoms with Crippen LogP contribution in [0.25, 0.3) is 11.0 Å². The van der Waals surface area contributed by atoms with Crippen LogP contribution >= 0.6 is 11.8 Å². The molecule has 0 saturated carbocycles. The number of anilines is 2. The van der Waals surface area contributed by atoms with Gasteiger partial charge in [-0.25, -0.2) is 9.78 Å². The molecule has 198 valence electrons. The van der Waals surface area contributed by atoms with Gasteiger partial charge in [-0.05, 0) is 43.3 Å². The Morgan fingerprint density at radius 3 is 3.03 bits per heavy atom. The van der Waals surface area contributed by atoms with E-state index in [1.807, 2.05) is 24.3 Å². The first-order valence-electron chi connectivity index (χ1n) is 12.4. The van der Waals surface area contributed by atoms with E-state index in [-0.39, 0.29) is 5.91 Å². The van der Waals surface area contributed by atoms with Crippen LogP contribution in [0, 0.1) is 0 Å². The highest BCUT2D eigenvalue weighted by Crippen LogP contribution is 2.37. The van der Waals surface area contributed by atoms with Gasteiger partial charge < -0.3 is 30.5 Å². The summed E-state index contributed by atoms with van der Waals surface area (Å²) >= 11 is 1.47. The van der Waals surface area contributed by atoms with Crippen LogP contribution in [0.15, 0.2) is 47.5 Å². The Bertz CT molecular complexity index is 1400. The third-order valence-electron chi connectivity index (χ3n) is 7.14. The molecule has 6 rings (SSSR count). The number of aromatic nitrogens is 2. The van der Waals surface area contributed by atoms with E-state index in [2.05, 4.69) is 25.9 Å². The monoisotopic (exact) mass is 536 g/mol. The summed E-state index contributed by atoms with van der Waals surface area (Å²) < 4.78 is 11.0. The molecule has 3 aliphatic rings. The van der Waals surface area contributed by atoms with Crippen LogP contribution in [0.3, 0.4) is 0 Å². The number of ether oxygens (including phenoxy) is 2. The molecular formula is C26H28N6O5S. The molecule has 3 aliphatic heterocycles. The molecule has 3 aromatic rings. The summed E-state index contributed by atoms with van der Waals surface area (Å²) in [6, 6.07) is 10.5. The maximum absolute atomic E-state index is 12.8. The highest BCUT2D eigenvalue weighted by atomic mass is 32.2. The predicted octanol–water partition coefficient (Wildman–Crippen LogP) is 2.06. The van der Waals surface area contributed by atoms with Gasteiger partial charge in [0.05, 0.1) is 47.8 Å². The number of β-amino-alcohol motifs (C(OH)–C–C–N with tert-alkyl or cyclic N) is 1. The molecule has 5 heterocycles. The first-order chi connectivity index (χ1) is 18.4. The fourth-order valence-electron chi connectivity index (χ4n) is 5.23. The number of nitrogens with zero attached hydrogens (tertiary/aromatic N) is 3. The fourth-order valence-corrected chi connectivity index (χ4v) is 6.02. The van der Waals surface area contributed by atoms with Gasteiger partial charge >= 0.3 is 6.09 Å². The molecule has 4 N–H and O–H groups in total. The maximum atomic E-state index is 12.8. The van der Waals surface area contributed by atoms with Crippen molar-refractivity contribution >= 4 is 46.2 Å². The zero-order valence-electron chi connectivity index (χ0n) is 20.8. The summed E-state index contributed by atoms with van der Waals surface area (Å²) in [6.45, 7) is 1.75. The van der Waals surface area contributed by atoms with E-state index in [9.17, 15) is 14.7 Å². The van der Waals surface area contributed by atoms with E-state index in [1.54, 1.807) is 30.3 Å². The first-order valence-corrected chi connectivity index (χ1v) is 13.4. The summed E-state index contributed by atoms with van der Waals surface area (Å²) in [4.78, 5) is 36.2. The number of aliphatic hydroxyl groups is 1. The van der Waals surface area contributed by atoms with E-state index in [0.29, 0.717) is 66.6 Å². The Kier molecular flexibility index (Phi) is 6.56. The predicted molar refractivity (Wildman–Crippen MR) is 143 cm³/mol. The van der Waals surface area contributed by atoms with Crippen LogP contribution < -0.4 is 25.6 Å². The molecule has 2 saturated heterocycles. The average Bonchev–Trinajstić information content (AvgIpc) is 3.53. The van der Waals surface area contributed by atoms with Crippen LogP contribution in [0.4, 0.5) is 16.2 Å². The zero-order chi connectivity index (χ0) is 26.3. The number of methoxy groups -OCH3 is 1. The Balaban J connectivity index is 1.23. The van der Waals surface area contributed by atoms with Crippen molar-refractivity contribution in [3.05, 3.63) is 48.2 Å². The standard InChI is InChI=1S/C26H28N6O5S/c1-36-22-5-3-18-23(31-22)17(6-8-28-18)24(26(35)7-9-27-14-26)29-11-16-12-32(25(34)37-16)15-2-4-20-19(10-15)30-21(33)13-38-20/h2-6,8,10,16,24,27,29,35H,7,9,11-14H2,1H3,(H,30,33). The smallest absolute Gasteiger partial charge is 0.414 e. The molecule has 38 heavy (non-hydrogen) atoms. The SMILES string of the molecule is COc1ccc2nccc(C(NCC3CN(c4ccc5c(c4)NC(=O)CS5)C(=O)O3)C3(O)CCNC3)c2n1. The number of hydrogen-bond acceptors (Lipinski definition) is 10. The number of hydrogen-bond donors (Lipinski definition) is 4. The molecule has 2 fully saturated rings. The number of cyclic esters (lactones) is 1. The van der Waals surface area contributed by atoms with Gasteiger partial charge in [-0.15, -0.1) is 11.8 Å². The second-order valence-electron chi connectivity index (χ2n) is 9.63. The van der Waals surface area contributed by atoms with E-state index < -0.39 is 23.8 Å². The summed E-state index contributed by atoms with van der Waals surface area (Å²) in [5.74, 6) is 0.776. The summed E-state index contributed by atoms with van der Waals surface area (Å²) in [6.07, 6.45) is 1.36. The minimum absolute atomic E-state index is 0.0631. The van der Waals surface area contributed by atoms with Crippen molar-refractivity contribution in [3.63, 3.8) is 0 Å². The zero-order valence-corrected chi connectivity index (χ0v) is 21.6. The second-order valence-corrected chi connectivity index (χ2v) is 10.6. The highest BCUT2D eigenvalue weighted by molar-refractivity contribution is 8.00. The van der Waals surface area contributed by atoms with Crippen molar-refractivity contribution in [2.45, 2.75) is 29.1 Å². The highest BCUT2D eigenvalue weighted by Gasteiger charge is 2.42. The molecule has 0 radical (unpaired) electrons. The molecule has 3 atom stereocenters. The molecule has 3 unspecified atom stereocenters. The number of thioether (sulfide) groups is 1. The number of carbonyl (C=O) groups excluding carboxylic acids is 2. The first kappa shape index (κ1) is 24.9. The molecule has 2 aromatic heterocycles. The maximum Gasteiger partial charge on any atom is 0.414 e. The molecular weight excluding hydrogens is 508 g/mol. The van der Waals surface area contributed by atoms with Crippen molar-refractivity contribution < 1.29 is 24.2 Å². The number of fused-ring (bicyclic) bond motifs is 2. The molecule has 0 bridgehead atoms. The van der Waals surface area contributed by atoms with Crippen molar-refractivity contribution in [1.29, 1.82) is 0 Å². The van der Waals surface area contributed by atoms with Crippen LogP contribution in [-0.4, -0.2) is 77.8 Å². The minimum atomic E-state index is -1.07. The van der Waals surface area contributed by atoms with Gasteiger partial charge in [0.1, 0.15) is 6.10 Å². The number of carbonyl (C=O) groups is 2. The molecule has 2 amide bonds. The van der Waals surface area contributed by atoms with Gasteiger partial charge in [0.15, 0.2) is 0 Å². The van der Waals surface area contributed by atoms with Gasteiger partial charge in [-0.3, -0.25) is 14.7 Å². The lowest BCUT2D eigenvalue weighted by atomic mass is 9.87. The quantitative estimate of drug-likeness (QED) is 0.355. The Morgan fingerprint density at radius 2 is 2.21 bits per heavy atom. The number of rotatable bonds is 7. The van der Waals surface area contributed by atoms with Crippen molar-refractivity contribution in [3.8, 4) is 5.88 Å². The third kappa shape index (κ3) is 4.64. The number of benzene rings is 1. The van der Waals surface area contributed by atoms with Crippen molar-refractivity contribution in [2.24, 2.45) is 0 Å². The topological polar surface area (TPSA) is 138 Å².